The van der Waals surface area contributed by atoms with E-state index < -0.39 is 0 Å². The minimum Gasteiger partial charge on any atom is -0.456 e. The van der Waals surface area contributed by atoms with Gasteiger partial charge in [0.05, 0.1) is 0 Å². The average Bonchev–Trinajstić information content (AvgIpc) is 3.68. The maximum atomic E-state index is 5.71. The van der Waals surface area contributed by atoms with Crippen LogP contribution in [-0.2, 0) is 0 Å². The Morgan fingerprint density at radius 3 is 1.75 bits per heavy atom. The lowest BCUT2D eigenvalue weighted by molar-refractivity contribution is 0.669. The molecule has 0 unspecified atom stereocenters. The molecule has 316 valence electrons. The minimum absolute atomic E-state index is 0.966. The van der Waals surface area contributed by atoms with Crippen LogP contribution in [-0.4, -0.2) is 0 Å². The topological polar surface area (TPSA) is 13.1 Å². The molecule has 1 heterocycles. The zero-order valence-corrected chi connectivity index (χ0v) is 38.3. The third-order valence-corrected chi connectivity index (χ3v) is 11.5. The number of benzene rings is 9. The van der Waals surface area contributed by atoms with Crippen molar-refractivity contribution in [3.05, 3.63) is 263 Å². The van der Waals surface area contributed by atoms with Crippen molar-refractivity contribution in [3.63, 3.8) is 0 Å². The number of hydrogen-bond donors (Lipinski definition) is 0. The number of para-hydroxylation sites is 1. The molecular formula is C63H58O. The van der Waals surface area contributed by atoms with E-state index in [0.717, 1.165) is 16.7 Å². The second-order valence-corrected chi connectivity index (χ2v) is 16.7. The summed E-state index contributed by atoms with van der Waals surface area (Å²) >= 11 is 0. The molecule has 10 rings (SSSR count). The van der Waals surface area contributed by atoms with E-state index in [1.54, 1.807) is 0 Å². The van der Waals surface area contributed by atoms with Crippen molar-refractivity contribution in [2.45, 2.75) is 48.5 Å². The monoisotopic (exact) mass is 830 g/mol. The van der Waals surface area contributed by atoms with Gasteiger partial charge >= 0.3 is 0 Å². The number of aryl methyl sites for hydroxylation is 7. The SMILES string of the molecule is C=C/C(=C\c1ccc(C)cc1C)c1ccccc1.Cc1ccc2ccccc2c1.Cc1ccc2oc3ccccc3c2c1.Cc1cccc(-c2ccc(-c3ccccc3C)c(C)c2)c1. The molecule has 0 aliphatic rings. The molecule has 64 heavy (non-hydrogen) atoms. The Morgan fingerprint density at radius 2 is 1.00 bits per heavy atom. The number of fused-ring (bicyclic) bond motifs is 4. The lowest BCUT2D eigenvalue weighted by Gasteiger charge is -2.11. The lowest BCUT2D eigenvalue weighted by atomic mass is 9.93. The van der Waals surface area contributed by atoms with E-state index in [2.05, 4.69) is 231 Å². The summed E-state index contributed by atoms with van der Waals surface area (Å²) in [6, 6.07) is 70.2. The molecule has 1 nitrogen and oxygen atoms in total. The molecular weight excluding hydrogens is 773 g/mol. The van der Waals surface area contributed by atoms with E-state index in [1.807, 2.05) is 36.4 Å². The minimum atomic E-state index is 0.966. The van der Waals surface area contributed by atoms with E-state index >= 15 is 0 Å². The summed E-state index contributed by atoms with van der Waals surface area (Å²) in [5.74, 6) is 0. The second kappa shape index (κ2) is 21.1. The third kappa shape index (κ3) is 11.3. The quantitative estimate of drug-likeness (QED) is 0.124. The summed E-state index contributed by atoms with van der Waals surface area (Å²) in [5.41, 5.74) is 19.9. The first-order valence-corrected chi connectivity index (χ1v) is 22.1. The highest BCUT2D eigenvalue weighted by Crippen LogP contribution is 2.31. The van der Waals surface area contributed by atoms with Gasteiger partial charge in [0.1, 0.15) is 11.2 Å². The van der Waals surface area contributed by atoms with Gasteiger partial charge in [-0.1, -0.05) is 217 Å². The molecule has 1 heteroatoms. The van der Waals surface area contributed by atoms with Gasteiger partial charge in [-0.15, -0.1) is 0 Å². The number of furan rings is 1. The van der Waals surface area contributed by atoms with Gasteiger partial charge < -0.3 is 4.42 Å². The van der Waals surface area contributed by atoms with Gasteiger partial charge in [0.25, 0.3) is 0 Å². The molecule has 0 aliphatic heterocycles. The van der Waals surface area contributed by atoms with Gasteiger partial charge in [-0.2, -0.15) is 0 Å². The molecule has 0 saturated carbocycles. The van der Waals surface area contributed by atoms with Crippen molar-refractivity contribution in [2.24, 2.45) is 0 Å². The Kier molecular flexibility index (Phi) is 14.7. The average molecular weight is 831 g/mol. The van der Waals surface area contributed by atoms with Crippen LogP contribution in [0.25, 0.3) is 66.6 Å². The van der Waals surface area contributed by atoms with Gasteiger partial charge in [-0.25, -0.2) is 0 Å². The van der Waals surface area contributed by atoms with Crippen LogP contribution in [0.4, 0.5) is 0 Å². The van der Waals surface area contributed by atoms with E-state index in [0.29, 0.717) is 0 Å². The van der Waals surface area contributed by atoms with Gasteiger partial charge in [0.15, 0.2) is 0 Å². The summed E-state index contributed by atoms with van der Waals surface area (Å²) in [7, 11) is 0. The lowest BCUT2D eigenvalue weighted by Crippen LogP contribution is -1.88. The van der Waals surface area contributed by atoms with E-state index in [9.17, 15) is 0 Å². The Balaban J connectivity index is 0.000000131. The van der Waals surface area contributed by atoms with Gasteiger partial charge in [-0.3, -0.25) is 0 Å². The molecule has 10 aromatic rings. The summed E-state index contributed by atoms with van der Waals surface area (Å²) in [4.78, 5) is 0. The second-order valence-electron chi connectivity index (χ2n) is 16.7. The van der Waals surface area contributed by atoms with Crippen LogP contribution in [0, 0.1) is 48.5 Å². The van der Waals surface area contributed by atoms with E-state index in [1.165, 1.54) is 93.9 Å². The van der Waals surface area contributed by atoms with Crippen molar-refractivity contribution in [3.8, 4) is 22.3 Å². The van der Waals surface area contributed by atoms with Crippen molar-refractivity contribution >= 4 is 44.4 Å². The fourth-order valence-corrected chi connectivity index (χ4v) is 8.04. The predicted molar refractivity (Wildman–Crippen MR) is 279 cm³/mol. The summed E-state index contributed by atoms with van der Waals surface area (Å²) < 4.78 is 5.71. The Bertz CT molecular complexity index is 3190. The molecule has 0 saturated heterocycles. The maximum absolute atomic E-state index is 5.71. The largest absolute Gasteiger partial charge is 0.456 e. The number of allylic oxidation sites excluding steroid dienone is 2. The normalized spacial score (nSPS) is 10.9. The first kappa shape index (κ1) is 44.6. The van der Waals surface area contributed by atoms with Crippen molar-refractivity contribution in [1.82, 2.24) is 0 Å². The first-order valence-electron chi connectivity index (χ1n) is 22.1. The highest BCUT2D eigenvalue weighted by Gasteiger charge is 2.08. The molecule has 0 aliphatic carbocycles. The molecule has 9 aromatic carbocycles. The molecule has 0 atom stereocenters. The Labute approximate surface area is 380 Å². The molecule has 0 spiro atoms. The highest BCUT2D eigenvalue weighted by molar-refractivity contribution is 6.05. The maximum Gasteiger partial charge on any atom is 0.135 e. The molecule has 1 aromatic heterocycles. The van der Waals surface area contributed by atoms with Gasteiger partial charge in [0, 0.05) is 10.8 Å². The molecule has 0 amide bonds. The fraction of sp³-hybridized carbons (Fsp3) is 0.111. The van der Waals surface area contributed by atoms with Crippen molar-refractivity contribution in [2.75, 3.05) is 0 Å². The van der Waals surface area contributed by atoms with Crippen LogP contribution in [0.1, 0.15) is 50.1 Å². The van der Waals surface area contributed by atoms with Crippen LogP contribution < -0.4 is 0 Å². The summed E-state index contributed by atoms with van der Waals surface area (Å²) in [5, 5.41) is 5.05. The smallest absolute Gasteiger partial charge is 0.135 e. The molecule has 0 radical (unpaired) electrons. The summed E-state index contributed by atoms with van der Waals surface area (Å²) in [6.07, 6.45) is 4.10. The standard InChI is InChI=1S/C21H20.C18H18.C13H10O.C11H10/c1-15-7-6-9-18(13-15)19-11-12-21(17(3)14-19)20-10-5-4-8-16(20)2;1-4-16(17-8-6-5-7-9-17)13-18-11-10-14(2)12-15(18)3;1-9-6-7-13-11(8-9)10-4-2-3-5-12(10)14-13;1-9-6-7-10-4-2-3-5-11(10)8-9/h4-14H,1-3H3;4-13H,1H2,2-3H3;2-8H,1H3;2-8H,1H3/b;16-13+;;. The third-order valence-electron chi connectivity index (χ3n) is 11.5. The van der Waals surface area contributed by atoms with Crippen molar-refractivity contribution < 1.29 is 4.42 Å². The number of hydrogen-bond acceptors (Lipinski definition) is 1. The zero-order chi connectivity index (χ0) is 45.0. The Hall–Kier alpha value is -7.48. The molecule has 0 N–H and O–H groups in total. The van der Waals surface area contributed by atoms with Gasteiger partial charge in [-0.05, 0) is 139 Å². The molecule has 0 fully saturated rings. The Morgan fingerprint density at radius 1 is 0.391 bits per heavy atom. The van der Waals surface area contributed by atoms with Crippen LogP contribution in [0.15, 0.2) is 217 Å². The predicted octanol–water partition coefficient (Wildman–Crippen LogP) is 18.0. The van der Waals surface area contributed by atoms with E-state index in [4.69, 9.17) is 4.42 Å². The number of rotatable bonds is 5. The fourth-order valence-electron chi connectivity index (χ4n) is 8.04. The van der Waals surface area contributed by atoms with Crippen molar-refractivity contribution in [1.29, 1.82) is 0 Å². The summed E-state index contributed by atoms with van der Waals surface area (Å²) in [6.45, 7) is 18.9. The zero-order valence-electron chi connectivity index (χ0n) is 38.3. The molecule has 0 bridgehead atoms. The van der Waals surface area contributed by atoms with Crippen LogP contribution in [0.5, 0.6) is 0 Å². The van der Waals surface area contributed by atoms with Gasteiger partial charge in [0.2, 0.25) is 0 Å². The highest BCUT2D eigenvalue weighted by atomic mass is 16.3. The first-order chi connectivity index (χ1) is 31.1. The van der Waals surface area contributed by atoms with Crippen LogP contribution in [0.3, 0.4) is 0 Å². The van der Waals surface area contributed by atoms with E-state index in [-0.39, 0.29) is 0 Å². The van der Waals surface area contributed by atoms with Crippen LogP contribution in [0.2, 0.25) is 0 Å². The van der Waals surface area contributed by atoms with Crippen LogP contribution >= 0.6 is 0 Å².